The zero-order chi connectivity index (χ0) is 21.1. The molecule has 0 unspecified atom stereocenters. The van der Waals surface area contributed by atoms with Crippen molar-refractivity contribution in [3.63, 3.8) is 0 Å². The fourth-order valence-corrected chi connectivity index (χ4v) is 3.43. The van der Waals surface area contributed by atoms with E-state index in [-0.39, 0.29) is 37.3 Å². The Labute approximate surface area is 174 Å². The fraction of sp³-hybridized carbons (Fsp3) is 0.364. The number of benzene rings is 2. The number of oxime groups is 1. The molecule has 158 valence electrons. The molecule has 0 aliphatic carbocycles. The molecule has 1 atom stereocenters. The molecular formula is C22H24FN3O4. The van der Waals surface area contributed by atoms with Crippen molar-refractivity contribution < 1.29 is 23.5 Å². The normalized spacial score (nSPS) is 16.9. The lowest BCUT2D eigenvalue weighted by Crippen LogP contribution is -2.45. The smallest absolute Gasteiger partial charge is 0.318 e. The molecule has 30 heavy (non-hydrogen) atoms. The van der Waals surface area contributed by atoms with Crippen molar-refractivity contribution in [2.75, 3.05) is 13.3 Å². The van der Waals surface area contributed by atoms with Gasteiger partial charge in [0.25, 0.3) is 0 Å². The Bertz CT molecular complexity index is 963. The molecule has 0 radical (unpaired) electrons. The van der Waals surface area contributed by atoms with Crippen molar-refractivity contribution >= 4 is 11.7 Å². The van der Waals surface area contributed by atoms with Crippen LogP contribution in [-0.2, 0) is 11.4 Å². The lowest BCUT2D eigenvalue weighted by molar-refractivity contribution is 0.0586. The van der Waals surface area contributed by atoms with Crippen LogP contribution in [0.5, 0.6) is 11.5 Å². The molecule has 2 aliphatic rings. The zero-order valence-electron chi connectivity index (χ0n) is 16.9. The standard InChI is InChI=1S/C22H24FN3O4/c1-14(2)24-22(27)26(11-15-4-3-5-17(23)8-15)12-18-10-19(25-30-18)16-6-7-20-21(9-16)29-13-28-20/h3-9,14,18H,10-13H2,1-2H3,(H,24,27)/t18-/m0/s1. The predicted molar refractivity (Wildman–Crippen MR) is 109 cm³/mol. The van der Waals surface area contributed by atoms with Gasteiger partial charge in [0.05, 0.1) is 12.3 Å². The Hall–Kier alpha value is -3.29. The van der Waals surface area contributed by atoms with E-state index in [4.69, 9.17) is 14.3 Å². The highest BCUT2D eigenvalue weighted by Gasteiger charge is 2.28. The summed E-state index contributed by atoms with van der Waals surface area (Å²) >= 11 is 0. The number of hydrogen-bond donors (Lipinski definition) is 1. The van der Waals surface area contributed by atoms with Crippen LogP contribution in [0.1, 0.15) is 31.4 Å². The summed E-state index contributed by atoms with van der Waals surface area (Å²) in [5.41, 5.74) is 2.39. The summed E-state index contributed by atoms with van der Waals surface area (Å²) in [6.07, 6.45) is 0.255. The van der Waals surface area contributed by atoms with Crippen LogP contribution in [0.2, 0.25) is 0 Å². The van der Waals surface area contributed by atoms with Gasteiger partial charge in [-0.05, 0) is 49.7 Å². The van der Waals surface area contributed by atoms with Crippen LogP contribution < -0.4 is 14.8 Å². The van der Waals surface area contributed by atoms with E-state index in [1.165, 1.54) is 12.1 Å². The quantitative estimate of drug-likeness (QED) is 0.784. The third kappa shape index (κ3) is 4.64. The minimum atomic E-state index is -0.331. The van der Waals surface area contributed by atoms with Gasteiger partial charge in [-0.3, -0.25) is 0 Å². The summed E-state index contributed by atoms with van der Waals surface area (Å²) in [6.45, 7) is 4.60. The molecule has 4 rings (SSSR count). The summed E-state index contributed by atoms with van der Waals surface area (Å²) in [7, 11) is 0. The first-order valence-corrected chi connectivity index (χ1v) is 9.90. The van der Waals surface area contributed by atoms with Crippen molar-refractivity contribution in [2.24, 2.45) is 5.16 Å². The lowest BCUT2D eigenvalue weighted by Gasteiger charge is -2.26. The van der Waals surface area contributed by atoms with Gasteiger partial charge >= 0.3 is 6.03 Å². The number of nitrogens with one attached hydrogen (secondary N) is 1. The second-order valence-corrected chi connectivity index (χ2v) is 7.65. The van der Waals surface area contributed by atoms with Crippen LogP contribution in [0.3, 0.4) is 0 Å². The van der Waals surface area contributed by atoms with E-state index in [1.54, 1.807) is 17.0 Å². The van der Waals surface area contributed by atoms with E-state index in [0.717, 1.165) is 11.3 Å². The van der Waals surface area contributed by atoms with Gasteiger partial charge in [-0.1, -0.05) is 17.3 Å². The molecule has 0 fully saturated rings. The van der Waals surface area contributed by atoms with Crippen LogP contribution in [0, 0.1) is 5.82 Å². The zero-order valence-corrected chi connectivity index (χ0v) is 16.9. The summed E-state index contributed by atoms with van der Waals surface area (Å²) < 4.78 is 24.4. The van der Waals surface area contributed by atoms with Crippen molar-refractivity contribution in [3.05, 3.63) is 59.4 Å². The average Bonchev–Trinajstić information content (AvgIpc) is 3.35. The van der Waals surface area contributed by atoms with E-state index >= 15 is 0 Å². The predicted octanol–water partition coefficient (Wildman–Crippen LogP) is 3.67. The summed E-state index contributed by atoms with van der Waals surface area (Å²) in [5, 5.41) is 7.10. The van der Waals surface area contributed by atoms with E-state index in [0.29, 0.717) is 30.0 Å². The van der Waals surface area contributed by atoms with E-state index in [2.05, 4.69) is 10.5 Å². The highest BCUT2D eigenvalue weighted by Crippen LogP contribution is 2.33. The maximum atomic E-state index is 13.6. The molecule has 2 aliphatic heterocycles. The van der Waals surface area contributed by atoms with Crippen LogP contribution in [0.25, 0.3) is 0 Å². The number of amides is 2. The van der Waals surface area contributed by atoms with Crippen molar-refractivity contribution in [1.82, 2.24) is 10.2 Å². The number of ether oxygens (including phenoxy) is 2. The summed E-state index contributed by atoms with van der Waals surface area (Å²) in [5.74, 6) is 1.06. The number of carbonyl (C=O) groups is 1. The molecule has 2 heterocycles. The topological polar surface area (TPSA) is 72.4 Å². The molecule has 0 saturated heterocycles. The molecule has 1 N–H and O–H groups in total. The number of carbonyl (C=O) groups excluding carboxylic acids is 1. The largest absolute Gasteiger partial charge is 0.454 e. The molecule has 0 aromatic heterocycles. The number of rotatable bonds is 6. The average molecular weight is 413 g/mol. The van der Waals surface area contributed by atoms with Crippen LogP contribution in [0.15, 0.2) is 47.6 Å². The van der Waals surface area contributed by atoms with Gasteiger partial charge in [0.2, 0.25) is 6.79 Å². The van der Waals surface area contributed by atoms with Crippen molar-refractivity contribution in [3.8, 4) is 11.5 Å². The van der Waals surface area contributed by atoms with Gasteiger partial charge in [0, 0.05) is 24.6 Å². The first kappa shape index (κ1) is 20.0. The van der Waals surface area contributed by atoms with Gasteiger partial charge < -0.3 is 24.5 Å². The Morgan fingerprint density at radius 2 is 2.07 bits per heavy atom. The molecule has 7 nitrogen and oxygen atoms in total. The Kier molecular flexibility index (Phi) is 5.74. The molecule has 0 bridgehead atoms. The van der Waals surface area contributed by atoms with Gasteiger partial charge in [0.1, 0.15) is 5.82 Å². The molecule has 2 aromatic rings. The first-order chi connectivity index (χ1) is 14.5. The van der Waals surface area contributed by atoms with Crippen molar-refractivity contribution in [1.29, 1.82) is 0 Å². The summed E-state index contributed by atoms with van der Waals surface area (Å²) in [6, 6.07) is 11.6. The number of nitrogens with zero attached hydrogens (tertiary/aromatic N) is 2. The molecule has 8 heteroatoms. The maximum Gasteiger partial charge on any atom is 0.318 e. The summed E-state index contributed by atoms with van der Waals surface area (Å²) in [4.78, 5) is 19.9. The van der Waals surface area contributed by atoms with Gasteiger partial charge in [-0.15, -0.1) is 0 Å². The Balaban J connectivity index is 1.43. The lowest BCUT2D eigenvalue weighted by atomic mass is 10.0. The van der Waals surface area contributed by atoms with Crippen LogP contribution in [0.4, 0.5) is 9.18 Å². The Morgan fingerprint density at radius 3 is 2.87 bits per heavy atom. The maximum absolute atomic E-state index is 13.6. The molecule has 2 aromatic carbocycles. The molecule has 2 amide bonds. The number of fused-ring (bicyclic) bond motifs is 1. The fourth-order valence-electron chi connectivity index (χ4n) is 3.43. The Morgan fingerprint density at radius 1 is 1.23 bits per heavy atom. The monoisotopic (exact) mass is 413 g/mol. The SMILES string of the molecule is CC(C)NC(=O)N(Cc1cccc(F)c1)C[C@@H]1CC(c2ccc3c(c2)OCO3)=NO1. The second-order valence-electron chi connectivity index (χ2n) is 7.65. The molecule has 0 spiro atoms. The molecule has 0 saturated carbocycles. The van der Waals surface area contributed by atoms with Gasteiger partial charge in [-0.25, -0.2) is 9.18 Å². The van der Waals surface area contributed by atoms with E-state index in [1.807, 2.05) is 32.0 Å². The van der Waals surface area contributed by atoms with Crippen molar-refractivity contribution in [2.45, 2.75) is 39.0 Å². The van der Waals surface area contributed by atoms with E-state index < -0.39 is 0 Å². The van der Waals surface area contributed by atoms with Gasteiger partial charge in [-0.2, -0.15) is 0 Å². The number of halogens is 1. The van der Waals surface area contributed by atoms with E-state index in [9.17, 15) is 9.18 Å². The van der Waals surface area contributed by atoms with Crippen LogP contribution >= 0.6 is 0 Å². The third-order valence-electron chi connectivity index (χ3n) is 4.82. The minimum Gasteiger partial charge on any atom is -0.454 e. The molecular weight excluding hydrogens is 389 g/mol. The van der Waals surface area contributed by atoms with Crippen LogP contribution in [-0.4, -0.2) is 42.1 Å². The first-order valence-electron chi connectivity index (χ1n) is 9.90. The second kappa shape index (κ2) is 8.61. The highest BCUT2D eigenvalue weighted by atomic mass is 19.1. The minimum absolute atomic E-state index is 0.0163. The third-order valence-corrected chi connectivity index (χ3v) is 4.82. The van der Waals surface area contributed by atoms with Gasteiger partial charge in [0.15, 0.2) is 17.6 Å². The highest BCUT2D eigenvalue weighted by molar-refractivity contribution is 6.01. The number of urea groups is 1. The number of hydrogen-bond acceptors (Lipinski definition) is 5.